The van der Waals surface area contributed by atoms with Crippen LogP contribution in [0.1, 0.15) is 34.1 Å². The van der Waals surface area contributed by atoms with Crippen LogP contribution >= 0.6 is 0 Å². The van der Waals surface area contributed by atoms with Gasteiger partial charge in [0, 0.05) is 18.5 Å². The smallest absolute Gasteiger partial charge is 0.103 e. The van der Waals surface area contributed by atoms with Crippen molar-refractivity contribution in [2.24, 2.45) is 10.9 Å². The van der Waals surface area contributed by atoms with Crippen molar-refractivity contribution in [2.75, 3.05) is 19.8 Å². The van der Waals surface area contributed by atoms with Gasteiger partial charge in [0.15, 0.2) is 0 Å². The summed E-state index contributed by atoms with van der Waals surface area (Å²) in [4.78, 5) is 9.75. The third kappa shape index (κ3) is 2.03. The van der Waals surface area contributed by atoms with E-state index in [9.17, 15) is 0 Å². The van der Waals surface area contributed by atoms with E-state index in [2.05, 4.69) is 42.5 Å². The van der Waals surface area contributed by atoms with Crippen molar-refractivity contribution in [1.29, 1.82) is 0 Å². The van der Waals surface area contributed by atoms with Crippen molar-refractivity contribution >= 4 is 5.84 Å². The second-order valence-corrected chi connectivity index (χ2v) is 5.31. The van der Waals surface area contributed by atoms with E-state index >= 15 is 0 Å². The topological polar surface area (TPSA) is 18.8 Å². The minimum Gasteiger partial charge on any atom is -0.342 e. The Hall–Kier alpha value is -0.570. The fourth-order valence-corrected chi connectivity index (χ4v) is 2.53. The molecule has 0 saturated carbocycles. The van der Waals surface area contributed by atoms with Gasteiger partial charge in [-0.1, -0.05) is 13.8 Å². The molecule has 15 heavy (non-hydrogen) atoms. The van der Waals surface area contributed by atoms with Crippen LogP contribution in [0.25, 0.3) is 0 Å². The van der Waals surface area contributed by atoms with Crippen LogP contribution in [-0.2, 0) is 0 Å². The highest BCUT2D eigenvalue weighted by Gasteiger charge is 2.34. The fraction of sp³-hybridized carbons (Fsp3) is 0.917. The minimum absolute atomic E-state index is 0.571. The van der Waals surface area contributed by atoms with Crippen molar-refractivity contribution in [3.8, 4) is 0 Å². The molecule has 3 heteroatoms. The standard InChI is InChI=1S/C12H23N3/c1-9(2)12-13-7-11-5-6-14(10(3)4)8-15(11)12/h9-11H,5-8H2,1-4H3. The van der Waals surface area contributed by atoms with Crippen LogP contribution in [0.3, 0.4) is 0 Å². The average molecular weight is 209 g/mol. The lowest BCUT2D eigenvalue weighted by Gasteiger charge is -2.42. The summed E-state index contributed by atoms with van der Waals surface area (Å²) in [5, 5.41) is 0. The highest BCUT2D eigenvalue weighted by atomic mass is 15.4. The molecule has 2 rings (SSSR count). The Labute approximate surface area is 93.2 Å². The summed E-state index contributed by atoms with van der Waals surface area (Å²) in [5.74, 6) is 1.90. The first-order chi connectivity index (χ1) is 7.09. The second-order valence-electron chi connectivity index (χ2n) is 5.31. The molecule has 1 atom stereocenters. The summed E-state index contributed by atoms with van der Waals surface area (Å²) in [6.07, 6.45) is 1.28. The molecule has 0 aliphatic carbocycles. The molecular formula is C12H23N3. The quantitative estimate of drug-likeness (QED) is 0.690. The van der Waals surface area contributed by atoms with Crippen LogP contribution in [0.4, 0.5) is 0 Å². The Morgan fingerprint density at radius 1 is 1.27 bits per heavy atom. The summed E-state index contributed by atoms with van der Waals surface area (Å²) in [7, 11) is 0. The molecule has 3 nitrogen and oxygen atoms in total. The van der Waals surface area contributed by atoms with Crippen LogP contribution in [-0.4, -0.2) is 47.5 Å². The molecule has 86 valence electrons. The number of aliphatic imine (C=N–C) groups is 1. The molecule has 0 aromatic heterocycles. The summed E-state index contributed by atoms with van der Waals surface area (Å²) in [5.41, 5.74) is 0. The predicted octanol–water partition coefficient (Wildman–Crippen LogP) is 1.80. The lowest BCUT2D eigenvalue weighted by Crippen LogP contribution is -2.53. The molecule has 2 aliphatic rings. The highest BCUT2D eigenvalue weighted by molar-refractivity contribution is 5.86. The van der Waals surface area contributed by atoms with Crippen LogP contribution < -0.4 is 0 Å². The van der Waals surface area contributed by atoms with Gasteiger partial charge >= 0.3 is 0 Å². The number of rotatable bonds is 2. The molecule has 0 amide bonds. The van der Waals surface area contributed by atoms with Gasteiger partial charge in [-0.2, -0.15) is 0 Å². The van der Waals surface area contributed by atoms with E-state index in [-0.39, 0.29) is 0 Å². The minimum atomic E-state index is 0.571. The lowest BCUT2D eigenvalue weighted by atomic mass is 10.1. The highest BCUT2D eigenvalue weighted by Crippen LogP contribution is 2.24. The average Bonchev–Trinajstić information content (AvgIpc) is 2.59. The first-order valence-electron chi connectivity index (χ1n) is 6.14. The van der Waals surface area contributed by atoms with Gasteiger partial charge in [0.25, 0.3) is 0 Å². The molecule has 0 bridgehead atoms. The van der Waals surface area contributed by atoms with Crippen LogP contribution in [0, 0.1) is 5.92 Å². The Bertz CT molecular complexity index is 258. The van der Waals surface area contributed by atoms with Gasteiger partial charge in [0.2, 0.25) is 0 Å². The summed E-state index contributed by atoms with van der Waals surface area (Å²) >= 11 is 0. The molecule has 1 fully saturated rings. The van der Waals surface area contributed by atoms with E-state index in [0.29, 0.717) is 18.0 Å². The zero-order valence-electron chi connectivity index (χ0n) is 10.4. The van der Waals surface area contributed by atoms with Crippen molar-refractivity contribution in [3.63, 3.8) is 0 Å². The van der Waals surface area contributed by atoms with E-state index in [1.165, 1.54) is 18.8 Å². The van der Waals surface area contributed by atoms with Crippen molar-refractivity contribution < 1.29 is 0 Å². The lowest BCUT2D eigenvalue weighted by molar-refractivity contribution is 0.0783. The Morgan fingerprint density at radius 2 is 2.00 bits per heavy atom. The van der Waals surface area contributed by atoms with Crippen LogP contribution in [0.5, 0.6) is 0 Å². The SMILES string of the molecule is CC(C)C1=NCC2CCN(C(C)C)CN12. The molecule has 0 aromatic carbocycles. The third-order valence-corrected chi connectivity index (χ3v) is 3.53. The van der Waals surface area contributed by atoms with Gasteiger partial charge in [-0.3, -0.25) is 9.89 Å². The molecule has 2 heterocycles. The van der Waals surface area contributed by atoms with Crippen LogP contribution in [0.2, 0.25) is 0 Å². The van der Waals surface area contributed by atoms with E-state index in [4.69, 9.17) is 0 Å². The van der Waals surface area contributed by atoms with Crippen molar-refractivity contribution in [3.05, 3.63) is 0 Å². The number of fused-ring (bicyclic) bond motifs is 1. The zero-order valence-corrected chi connectivity index (χ0v) is 10.4. The van der Waals surface area contributed by atoms with E-state index in [1.54, 1.807) is 0 Å². The Morgan fingerprint density at radius 3 is 2.60 bits per heavy atom. The third-order valence-electron chi connectivity index (χ3n) is 3.53. The fourth-order valence-electron chi connectivity index (χ4n) is 2.53. The molecular weight excluding hydrogens is 186 g/mol. The molecule has 2 aliphatic heterocycles. The van der Waals surface area contributed by atoms with Gasteiger partial charge < -0.3 is 4.90 Å². The summed E-state index contributed by atoms with van der Waals surface area (Å²) in [6, 6.07) is 1.34. The van der Waals surface area contributed by atoms with Gasteiger partial charge in [-0.15, -0.1) is 0 Å². The monoisotopic (exact) mass is 209 g/mol. The second kappa shape index (κ2) is 4.12. The van der Waals surface area contributed by atoms with Gasteiger partial charge in [0.05, 0.1) is 19.3 Å². The van der Waals surface area contributed by atoms with Gasteiger partial charge in [0.1, 0.15) is 5.84 Å². The summed E-state index contributed by atoms with van der Waals surface area (Å²) in [6.45, 7) is 12.4. The van der Waals surface area contributed by atoms with Crippen LogP contribution in [0.15, 0.2) is 4.99 Å². The predicted molar refractivity (Wildman–Crippen MR) is 64.1 cm³/mol. The number of hydrogen-bond acceptors (Lipinski definition) is 3. The van der Waals surface area contributed by atoms with Crippen molar-refractivity contribution in [1.82, 2.24) is 9.80 Å². The summed E-state index contributed by atoms with van der Waals surface area (Å²) < 4.78 is 0. The van der Waals surface area contributed by atoms with Crippen molar-refractivity contribution in [2.45, 2.75) is 46.2 Å². The first kappa shape index (κ1) is 10.9. The maximum Gasteiger partial charge on any atom is 0.103 e. The molecule has 0 aromatic rings. The number of nitrogens with zero attached hydrogens (tertiary/aromatic N) is 3. The molecule has 0 radical (unpaired) electrons. The van der Waals surface area contributed by atoms with E-state index in [0.717, 1.165) is 13.2 Å². The van der Waals surface area contributed by atoms with Gasteiger partial charge in [-0.25, -0.2) is 0 Å². The molecule has 1 saturated heterocycles. The van der Waals surface area contributed by atoms with E-state index < -0.39 is 0 Å². The first-order valence-corrected chi connectivity index (χ1v) is 6.14. The Balaban J connectivity index is 2.05. The maximum absolute atomic E-state index is 4.69. The molecule has 1 unspecified atom stereocenters. The normalized spacial score (nSPS) is 27.5. The zero-order chi connectivity index (χ0) is 11.0. The van der Waals surface area contributed by atoms with Gasteiger partial charge in [-0.05, 0) is 20.3 Å². The molecule has 0 N–H and O–H groups in total. The Kier molecular flexibility index (Phi) is 3.01. The largest absolute Gasteiger partial charge is 0.342 e. The maximum atomic E-state index is 4.69. The number of amidine groups is 1. The van der Waals surface area contributed by atoms with E-state index in [1.807, 2.05) is 0 Å². The molecule has 0 spiro atoms. The number of hydrogen-bond donors (Lipinski definition) is 0.